The highest BCUT2D eigenvalue weighted by Gasteiger charge is 1.92. The van der Waals surface area contributed by atoms with E-state index < -0.39 is 0 Å². The van der Waals surface area contributed by atoms with Crippen molar-refractivity contribution in [3.8, 4) is 0 Å². The standard InChI is InChI=1S/C7H6Cl2.C7H8.C3H8/c1-5-2-3-6(8)4-7(5)9;1-7-5-3-2-4-6-7;1-3-2/h2-4H,1H3;2-6H,1H3;3H2,1-2H3. The molecule has 0 N–H and O–H groups in total. The van der Waals surface area contributed by atoms with Crippen LogP contribution < -0.4 is 0 Å². The molecule has 0 fully saturated rings. The lowest BCUT2D eigenvalue weighted by molar-refractivity contribution is 1.09. The van der Waals surface area contributed by atoms with E-state index in [4.69, 9.17) is 23.2 Å². The Hall–Kier alpha value is -0.980. The van der Waals surface area contributed by atoms with E-state index in [-0.39, 0.29) is 0 Å². The summed E-state index contributed by atoms with van der Waals surface area (Å²) in [5.41, 5.74) is 2.38. The predicted molar refractivity (Wildman–Crippen MR) is 88.3 cm³/mol. The summed E-state index contributed by atoms with van der Waals surface area (Å²) in [6.45, 7) is 8.28. The molecule has 0 saturated carbocycles. The number of halogens is 2. The fraction of sp³-hybridized carbons (Fsp3) is 0.294. The molecule has 0 heterocycles. The summed E-state index contributed by atoms with van der Waals surface area (Å²) < 4.78 is 0. The second kappa shape index (κ2) is 10.9. The Labute approximate surface area is 127 Å². The largest absolute Gasteiger partial charge is 0.0843 e. The highest BCUT2D eigenvalue weighted by atomic mass is 35.5. The molecule has 0 aliphatic rings. The molecule has 0 aliphatic carbocycles. The van der Waals surface area contributed by atoms with Gasteiger partial charge in [0.2, 0.25) is 0 Å². The van der Waals surface area contributed by atoms with Crippen molar-refractivity contribution < 1.29 is 0 Å². The fourth-order valence-corrected chi connectivity index (χ4v) is 1.51. The van der Waals surface area contributed by atoms with Crippen LogP contribution in [0, 0.1) is 13.8 Å². The molecule has 2 aromatic rings. The van der Waals surface area contributed by atoms with Gasteiger partial charge in [0.05, 0.1) is 0 Å². The lowest BCUT2D eigenvalue weighted by Crippen LogP contribution is -1.71. The molecule has 0 aliphatic heterocycles. The highest BCUT2D eigenvalue weighted by molar-refractivity contribution is 6.35. The Kier molecular flexibility index (Phi) is 10.3. The number of aryl methyl sites for hydroxylation is 2. The minimum atomic E-state index is 0.686. The molecule has 0 radical (unpaired) electrons. The van der Waals surface area contributed by atoms with Crippen LogP contribution in [0.2, 0.25) is 10.0 Å². The SMILES string of the molecule is CCC.Cc1ccc(Cl)cc1Cl.Cc1ccccc1. The summed E-state index contributed by atoms with van der Waals surface area (Å²) in [5.74, 6) is 0. The van der Waals surface area contributed by atoms with Crippen LogP contribution in [0.25, 0.3) is 0 Å². The zero-order chi connectivity index (χ0) is 14.7. The molecule has 0 nitrogen and oxygen atoms in total. The Morgan fingerprint density at radius 1 is 0.842 bits per heavy atom. The minimum Gasteiger partial charge on any atom is -0.0843 e. The summed E-state index contributed by atoms with van der Waals surface area (Å²) in [4.78, 5) is 0. The van der Waals surface area contributed by atoms with Crippen LogP contribution in [0.1, 0.15) is 31.4 Å². The maximum absolute atomic E-state index is 5.73. The average Bonchev–Trinajstić information content (AvgIpc) is 2.37. The molecular formula is C17H22Cl2. The topological polar surface area (TPSA) is 0 Å². The Morgan fingerprint density at radius 3 is 1.68 bits per heavy atom. The van der Waals surface area contributed by atoms with Gasteiger partial charge >= 0.3 is 0 Å². The predicted octanol–water partition coefficient (Wildman–Crippen LogP) is 6.71. The van der Waals surface area contributed by atoms with Gasteiger partial charge in [-0.1, -0.05) is 85.4 Å². The summed E-state index contributed by atoms with van der Waals surface area (Å²) in [6, 6.07) is 15.7. The molecule has 0 bridgehead atoms. The highest BCUT2D eigenvalue weighted by Crippen LogP contribution is 2.19. The second-order valence-electron chi connectivity index (χ2n) is 4.26. The summed E-state index contributed by atoms with van der Waals surface area (Å²) in [6.07, 6.45) is 1.25. The Bertz CT molecular complexity index is 450. The Balaban J connectivity index is 0.000000289. The lowest BCUT2D eigenvalue weighted by atomic mass is 10.2. The number of rotatable bonds is 0. The van der Waals surface area contributed by atoms with Crippen molar-refractivity contribution >= 4 is 23.2 Å². The zero-order valence-electron chi connectivity index (χ0n) is 12.1. The molecule has 2 aromatic carbocycles. The maximum atomic E-state index is 5.73. The molecule has 104 valence electrons. The molecule has 19 heavy (non-hydrogen) atoms. The molecule has 0 aromatic heterocycles. The van der Waals surface area contributed by atoms with Crippen molar-refractivity contribution in [2.24, 2.45) is 0 Å². The van der Waals surface area contributed by atoms with Crippen LogP contribution in [0.5, 0.6) is 0 Å². The first-order valence-electron chi connectivity index (χ1n) is 6.44. The van der Waals surface area contributed by atoms with Gasteiger partial charge in [-0.3, -0.25) is 0 Å². The van der Waals surface area contributed by atoms with Crippen molar-refractivity contribution in [3.05, 3.63) is 69.7 Å². The summed E-state index contributed by atoms with van der Waals surface area (Å²) >= 11 is 11.4. The minimum absolute atomic E-state index is 0.686. The monoisotopic (exact) mass is 296 g/mol. The van der Waals surface area contributed by atoms with E-state index in [0.717, 1.165) is 10.6 Å². The van der Waals surface area contributed by atoms with Crippen LogP contribution in [0.3, 0.4) is 0 Å². The second-order valence-corrected chi connectivity index (χ2v) is 5.10. The number of benzene rings is 2. The normalized spacial score (nSPS) is 8.74. The average molecular weight is 297 g/mol. The molecule has 0 atom stereocenters. The van der Waals surface area contributed by atoms with Gasteiger partial charge in [-0.15, -0.1) is 0 Å². The van der Waals surface area contributed by atoms with Crippen molar-refractivity contribution in [1.82, 2.24) is 0 Å². The van der Waals surface area contributed by atoms with E-state index in [0.29, 0.717) is 5.02 Å². The van der Waals surface area contributed by atoms with E-state index in [2.05, 4.69) is 32.9 Å². The first kappa shape index (κ1) is 18.0. The molecule has 2 rings (SSSR count). The van der Waals surface area contributed by atoms with Gasteiger partial charge < -0.3 is 0 Å². The van der Waals surface area contributed by atoms with Gasteiger partial charge in [-0.2, -0.15) is 0 Å². The third kappa shape index (κ3) is 9.58. The van der Waals surface area contributed by atoms with E-state index in [1.165, 1.54) is 12.0 Å². The molecule has 0 saturated heterocycles. The van der Waals surface area contributed by atoms with Gasteiger partial charge in [-0.05, 0) is 31.5 Å². The molecule has 0 amide bonds. The Morgan fingerprint density at radius 2 is 1.37 bits per heavy atom. The van der Waals surface area contributed by atoms with E-state index in [1.807, 2.05) is 37.3 Å². The zero-order valence-corrected chi connectivity index (χ0v) is 13.6. The van der Waals surface area contributed by atoms with E-state index in [9.17, 15) is 0 Å². The van der Waals surface area contributed by atoms with Gasteiger partial charge in [0.25, 0.3) is 0 Å². The molecule has 2 heteroatoms. The number of hydrogen-bond donors (Lipinski definition) is 0. The van der Waals surface area contributed by atoms with Crippen molar-refractivity contribution in [2.75, 3.05) is 0 Å². The van der Waals surface area contributed by atoms with Crippen LogP contribution in [-0.4, -0.2) is 0 Å². The van der Waals surface area contributed by atoms with Crippen molar-refractivity contribution in [1.29, 1.82) is 0 Å². The number of hydrogen-bond acceptors (Lipinski definition) is 0. The van der Waals surface area contributed by atoms with E-state index >= 15 is 0 Å². The smallest absolute Gasteiger partial charge is 0.0449 e. The van der Waals surface area contributed by atoms with Crippen LogP contribution >= 0.6 is 23.2 Å². The third-order valence-electron chi connectivity index (χ3n) is 2.07. The molecule has 0 unspecified atom stereocenters. The van der Waals surface area contributed by atoms with Crippen LogP contribution in [0.15, 0.2) is 48.5 Å². The summed E-state index contributed by atoms with van der Waals surface area (Å²) in [5, 5.41) is 1.41. The van der Waals surface area contributed by atoms with Crippen molar-refractivity contribution in [3.63, 3.8) is 0 Å². The lowest BCUT2D eigenvalue weighted by Gasteiger charge is -1.94. The first-order chi connectivity index (χ1) is 9.01. The van der Waals surface area contributed by atoms with Gasteiger partial charge in [0.15, 0.2) is 0 Å². The van der Waals surface area contributed by atoms with E-state index in [1.54, 1.807) is 6.07 Å². The van der Waals surface area contributed by atoms with Gasteiger partial charge in [0, 0.05) is 10.0 Å². The molecular weight excluding hydrogens is 275 g/mol. The maximum Gasteiger partial charge on any atom is 0.0449 e. The molecule has 0 spiro atoms. The van der Waals surface area contributed by atoms with Crippen LogP contribution in [-0.2, 0) is 0 Å². The van der Waals surface area contributed by atoms with Crippen molar-refractivity contribution in [2.45, 2.75) is 34.1 Å². The van der Waals surface area contributed by atoms with Gasteiger partial charge in [0.1, 0.15) is 0 Å². The van der Waals surface area contributed by atoms with Gasteiger partial charge in [-0.25, -0.2) is 0 Å². The quantitative estimate of drug-likeness (QED) is 0.506. The summed E-state index contributed by atoms with van der Waals surface area (Å²) in [7, 11) is 0. The van der Waals surface area contributed by atoms with Crippen LogP contribution in [0.4, 0.5) is 0 Å². The first-order valence-corrected chi connectivity index (χ1v) is 7.20. The fourth-order valence-electron chi connectivity index (χ4n) is 1.10. The third-order valence-corrected chi connectivity index (χ3v) is 2.72.